The topological polar surface area (TPSA) is 95.7 Å². The number of carbonyl (C=O) groups excluding carboxylic acids is 2. The summed E-state index contributed by atoms with van der Waals surface area (Å²) in [5.41, 5.74) is 5.92. The van der Waals surface area contributed by atoms with Gasteiger partial charge in [0, 0.05) is 49.7 Å². The lowest BCUT2D eigenvalue weighted by Crippen LogP contribution is -2.50. The molecule has 0 bridgehead atoms. The molecular weight excluding hydrogens is 462 g/mol. The summed E-state index contributed by atoms with van der Waals surface area (Å²) >= 11 is 1.48. The number of aromatic nitrogens is 4. The van der Waals surface area contributed by atoms with Gasteiger partial charge in [0.1, 0.15) is 0 Å². The summed E-state index contributed by atoms with van der Waals surface area (Å²) in [7, 11) is 0. The number of amides is 2. The minimum absolute atomic E-state index is 0.0197. The molecule has 9 nitrogen and oxygen atoms in total. The third-order valence-electron chi connectivity index (χ3n) is 6.64. The highest BCUT2D eigenvalue weighted by Crippen LogP contribution is 2.20. The van der Waals surface area contributed by atoms with Gasteiger partial charge in [-0.1, -0.05) is 30.0 Å². The molecule has 2 aromatic heterocycles. The van der Waals surface area contributed by atoms with Crippen LogP contribution in [0.5, 0.6) is 0 Å². The summed E-state index contributed by atoms with van der Waals surface area (Å²) in [6, 6.07) is 5.99. The zero-order valence-corrected chi connectivity index (χ0v) is 21.9. The Bertz CT molecular complexity index is 1230. The van der Waals surface area contributed by atoms with Crippen molar-refractivity contribution in [3.63, 3.8) is 0 Å². The molecule has 3 aromatic rings. The highest BCUT2D eigenvalue weighted by Gasteiger charge is 2.23. The first-order valence-corrected chi connectivity index (χ1v) is 13.1. The SMILES string of the molecule is CSc1nc2nc(C)c(CCC(=O)N3CCN(CC(=O)Nc4c(C)cccc4C)CC3)c(C)n2n1. The Morgan fingerprint density at radius 2 is 1.71 bits per heavy atom. The van der Waals surface area contributed by atoms with Gasteiger partial charge in [-0.2, -0.15) is 4.98 Å². The van der Waals surface area contributed by atoms with E-state index in [2.05, 4.69) is 25.3 Å². The molecule has 1 aliphatic heterocycles. The highest BCUT2D eigenvalue weighted by molar-refractivity contribution is 7.98. The number of thioether (sulfide) groups is 1. The number of anilines is 1. The summed E-state index contributed by atoms with van der Waals surface area (Å²) in [6.45, 7) is 10.9. The second kappa shape index (κ2) is 10.7. The Morgan fingerprint density at radius 1 is 1.03 bits per heavy atom. The fourth-order valence-corrected chi connectivity index (χ4v) is 4.91. The zero-order chi connectivity index (χ0) is 25.1. The molecular formula is C25H33N7O2S. The smallest absolute Gasteiger partial charge is 0.253 e. The predicted octanol–water partition coefficient (Wildman–Crippen LogP) is 2.80. The molecule has 0 radical (unpaired) electrons. The van der Waals surface area contributed by atoms with Gasteiger partial charge in [-0.15, -0.1) is 5.10 Å². The van der Waals surface area contributed by atoms with Gasteiger partial charge < -0.3 is 10.2 Å². The maximum atomic E-state index is 12.9. The summed E-state index contributed by atoms with van der Waals surface area (Å²) in [5, 5.41) is 8.23. The zero-order valence-electron chi connectivity index (χ0n) is 21.1. The van der Waals surface area contributed by atoms with Crippen molar-refractivity contribution in [2.45, 2.75) is 45.7 Å². The number of hydrogen-bond donors (Lipinski definition) is 1. The van der Waals surface area contributed by atoms with Gasteiger partial charge in [-0.3, -0.25) is 14.5 Å². The van der Waals surface area contributed by atoms with Crippen LogP contribution in [0.15, 0.2) is 23.4 Å². The Hall–Kier alpha value is -2.98. The van der Waals surface area contributed by atoms with Crippen LogP contribution in [0.1, 0.15) is 34.5 Å². The van der Waals surface area contributed by atoms with Gasteiger partial charge in [0.25, 0.3) is 5.78 Å². The lowest BCUT2D eigenvalue weighted by atomic mass is 10.1. The van der Waals surface area contributed by atoms with E-state index in [1.807, 2.05) is 57.0 Å². The number of para-hydroxylation sites is 1. The molecule has 0 atom stereocenters. The molecule has 10 heteroatoms. The minimum atomic E-state index is -0.0197. The summed E-state index contributed by atoms with van der Waals surface area (Å²) in [6.07, 6.45) is 2.98. The first kappa shape index (κ1) is 25.1. The first-order chi connectivity index (χ1) is 16.8. The van der Waals surface area contributed by atoms with Crippen molar-refractivity contribution in [3.8, 4) is 0 Å². The van der Waals surface area contributed by atoms with E-state index in [0.717, 1.165) is 33.8 Å². The number of piperazine rings is 1. The van der Waals surface area contributed by atoms with Crippen LogP contribution in [-0.2, 0) is 16.0 Å². The van der Waals surface area contributed by atoms with E-state index in [1.54, 1.807) is 4.52 Å². The van der Waals surface area contributed by atoms with E-state index in [0.29, 0.717) is 56.5 Å². The highest BCUT2D eigenvalue weighted by atomic mass is 32.2. The van der Waals surface area contributed by atoms with Crippen molar-refractivity contribution >= 4 is 35.0 Å². The predicted molar refractivity (Wildman–Crippen MR) is 138 cm³/mol. The van der Waals surface area contributed by atoms with Crippen LogP contribution in [0.25, 0.3) is 5.78 Å². The molecule has 186 valence electrons. The molecule has 1 aliphatic rings. The number of hydrogen-bond acceptors (Lipinski definition) is 7. The van der Waals surface area contributed by atoms with Gasteiger partial charge in [0.05, 0.1) is 6.54 Å². The van der Waals surface area contributed by atoms with Crippen molar-refractivity contribution < 1.29 is 9.59 Å². The van der Waals surface area contributed by atoms with Crippen LogP contribution in [0.4, 0.5) is 5.69 Å². The molecule has 1 aromatic carbocycles. The summed E-state index contributed by atoms with van der Waals surface area (Å²) < 4.78 is 1.76. The van der Waals surface area contributed by atoms with Crippen LogP contribution in [-0.4, -0.2) is 80.2 Å². The van der Waals surface area contributed by atoms with E-state index in [1.165, 1.54) is 11.8 Å². The summed E-state index contributed by atoms with van der Waals surface area (Å²) in [5.74, 6) is 0.706. The van der Waals surface area contributed by atoms with Crippen molar-refractivity contribution in [1.82, 2.24) is 29.4 Å². The van der Waals surface area contributed by atoms with Crippen molar-refractivity contribution in [3.05, 3.63) is 46.3 Å². The van der Waals surface area contributed by atoms with Crippen molar-refractivity contribution in [1.29, 1.82) is 0 Å². The number of nitrogens with one attached hydrogen (secondary N) is 1. The fourth-order valence-electron chi connectivity index (χ4n) is 4.58. The van der Waals surface area contributed by atoms with Gasteiger partial charge in [0.2, 0.25) is 17.0 Å². The van der Waals surface area contributed by atoms with Crippen LogP contribution >= 0.6 is 11.8 Å². The Labute approximate surface area is 210 Å². The Kier molecular flexibility index (Phi) is 7.71. The molecule has 1 N–H and O–H groups in total. The van der Waals surface area contributed by atoms with Crippen LogP contribution < -0.4 is 5.32 Å². The minimum Gasteiger partial charge on any atom is -0.340 e. The molecule has 3 heterocycles. The molecule has 1 fully saturated rings. The molecule has 0 unspecified atom stereocenters. The average Bonchev–Trinajstić information content (AvgIpc) is 3.25. The number of rotatable bonds is 7. The molecule has 4 rings (SSSR count). The number of aryl methyl sites for hydroxylation is 4. The standard InChI is InChI=1S/C25H33N7O2S/c1-16-7-6-8-17(2)23(16)27-21(33)15-30-11-13-31(14-12-30)22(34)10-9-20-18(3)26-24-28-25(35-5)29-32(24)19(20)4/h6-8H,9-15H2,1-5H3,(H,27,33). The van der Waals surface area contributed by atoms with E-state index in [4.69, 9.17) is 0 Å². The van der Waals surface area contributed by atoms with Gasteiger partial charge in [-0.25, -0.2) is 9.50 Å². The van der Waals surface area contributed by atoms with Gasteiger partial charge in [-0.05, 0) is 57.1 Å². The molecule has 0 saturated carbocycles. The maximum absolute atomic E-state index is 12.9. The van der Waals surface area contributed by atoms with Gasteiger partial charge in [0.15, 0.2) is 0 Å². The van der Waals surface area contributed by atoms with Crippen molar-refractivity contribution in [2.24, 2.45) is 0 Å². The molecule has 1 saturated heterocycles. The molecule has 0 spiro atoms. The van der Waals surface area contributed by atoms with Crippen molar-refractivity contribution in [2.75, 3.05) is 44.3 Å². The monoisotopic (exact) mass is 495 g/mol. The largest absolute Gasteiger partial charge is 0.340 e. The Morgan fingerprint density at radius 3 is 2.37 bits per heavy atom. The normalized spacial score (nSPS) is 14.5. The lowest BCUT2D eigenvalue weighted by Gasteiger charge is -2.34. The van der Waals surface area contributed by atoms with Crippen LogP contribution in [0.2, 0.25) is 0 Å². The molecule has 35 heavy (non-hydrogen) atoms. The van der Waals surface area contributed by atoms with Gasteiger partial charge >= 0.3 is 0 Å². The van der Waals surface area contributed by atoms with E-state index >= 15 is 0 Å². The first-order valence-electron chi connectivity index (χ1n) is 11.9. The van der Waals surface area contributed by atoms with Crippen LogP contribution in [0.3, 0.4) is 0 Å². The molecule has 2 amide bonds. The van der Waals surface area contributed by atoms with E-state index in [9.17, 15) is 9.59 Å². The number of fused-ring (bicyclic) bond motifs is 1. The summed E-state index contributed by atoms with van der Waals surface area (Å²) in [4.78, 5) is 38.5. The third kappa shape index (κ3) is 5.65. The fraction of sp³-hybridized carbons (Fsp3) is 0.480. The third-order valence-corrected chi connectivity index (χ3v) is 7.18. The van der Waals surface area contributed by atoms with E-state index < -0.39 is 0 Å². The maximum Gasteiger partial charge on any atom is 0.253 e. The second-order valence-corrected chi connectivity index (χ2v) is 9.82. The number of nitrogens with zero attached hydrogens (tertiary/aromatic N) is 6. The lowest BCUT2D eigenvalue weighted by molar-refractivity contribution is -0.133. The van der Waals surface area contributed by atoms with Crippen LogP contribution in [0, 0.1) is 27.7 Å². The quantitative estimate of drug-likeness (QED) is 0.504. The number of benzene rings is 1. The average molecular weight is 496 g/mol. The Balaban J connectivity index is 1.28. The second-order valence-electron chi connectivity index (χ2n) is 9.04. The van der Waals surface area contributed by atoms with E-state index in [-0.39, 0.29) is 11.8 Å². The number of carbonyl (C=O) groups is 2. The molecule has 0 aliphatic carbocycles.